The molecule has 1 aliphatic heterocycles. The van der Waals surface area contributed by atoms with Gasteiger partial charge in [0, 0.05) is 13.3 Å². The van der Waals surface area contributed by atoms with Gasteiger partial charge in [-0.1, -0.05) is 45.1 Å². The second-order valence-corrected chi connectivity index (χ2v) is 4.51. The Hall–Kier alpha value is -1.24. The lowest BCUT2D eigenvalue weighted by atomic mass is 9.98. The lowest BCUT2D eigenvalue weighted by Gasteiger charge is -2.10. The van der Waals surface area contributed by atoms with Crippen LogP contribution >= 0.6 is 0 Å². The van der Waals surface area contributed by atoms with Gasteiger partial charge in [-0.3, -0.25) is 0 Å². The zero-order chi connectivity index (χ0) is 11.8. The van der Waals surface area contributed by atoms with Crippen LogP contribution in [0, 0.1) is 5.92 Å². The molecule has 0 saturated carbocycles. The first kappa shape index (κ1) is 12.8. The summed E-state index contributed by atoms with van der Waals surface area (Å²) in [4.78, 5) is 0. The van der Waals surface area contributed by atoms with Gasteiger partial charge in [0.05, 0.1) is 0 Å². The standard InChI is InChI=1S/C15H23N.H2/c1-4-13(2)12-15-9-7-5-6-8-14(3)16-11-10-15;/h5,7,9-11,13,16H,3-4,6,8,12H2,1-2H3;1H/b7-5+,11-10+,15-9+;. The topological polar surface area (TPSA) is 12.0 Å². The second kappa shape index (κ2) is 7.10. The highest BCUT2D eigenvalue weighted by Crippen LogP contribution is 2.16. The van der Waals surface area contributed by atoms with E-state index in [1.165, 1.54) is 12.0 Å². The molecular formula is C15H25N. The Morgan fingerprint density at radius 1 is 1.56 bits per heavy atom. The van der Waals surface area contributed by atoms with Crippen molar-refractivity contribution in [2.45, 2.75) is 39.5 Å². The number of nitrogens with one attached hydrogen (secondary N) is 1. The predicted octanol–water partition coefficient (Wildman–Crippen LogP) is 4.56. The van der Waals surface area contributed by atoms with Crippen molar-refractivity contribution in [3.63, 3.8) is 0 Å². The van der Waals surface area contributed by atoms with E-state index in [4.69, 9.17) is 0 Å². The molecule has 90 valence electrons. The SMILES string of the molecule is C=C1CC/C=C/C=C(CC(C)CC)\C=C\N1.[HH]. The summed E-state index contributed by atoms with van der Waals surface area (Å²) in [6.45, 7) is 8.51. The van der Waals surface area contributed by atoms with E-state index >= 15 is 0 Å². The summed E-state index contributed by atoms with van der Waals surface area (Å²) in [5, 5.41) is 3.22. The molecule has 0 aromatic rings. The quantitative estimate of drug-likeness (QED) is 0.733. The van der Waals surface area contributed by atoms with Gasteiger partial charge < -0.3 is 5.32 Å². The van der Waals surface area contributed by atoms with Gasteiger partial charge >= 0.3 is 0 Å². The fraction of sp³-hybridized carbons (Fsp3) is 0.467. The zero-order valence-electron chi connectivity index (χ0n) is 10.5. The number of allylic oxidation sites excluding steroid dienone is 6. The molecule has 1 nitrogen and oxygen atoms in total. The molecule has 0 bridgehead atoms. The van der Waals surface area contributed by atoms with Gasteiger partial charge in [0.15, 0.2) is 0 Å². The fourth-order valence-corrected chi connectivity index (χ4v) is 1.62. The Kier molecular flexibility index (Phi) is 5.69. The summed E-state index contributed by atoms with van der Waals surface area (Å²) in [7, 11) is 0. The highest BCUT2D eigenvalue weighted by Gasteiger charge is 2.01. The molecule has 0 aromatic heterocycles. The normalized spacial score (nSPS) is 26.1. The minimum absolute atomic E-state index is 0. The summed E-state index contributed by atoms with van der Waals surface area (Å²) in [5.74, 6) is 0.746. The Morgan fingerprint density at radius 3 is 3.12 bits per heavy atom. The maximum absolute atomic E-state index is 3.97. The molecule has 1 rings (SSSR count). The fourth-order valence-electron chi connectivity index (χ4n) is 1.62. The molecule has 0 amide bonds. The van der Waals surface area contributed by atoms with E-state index in [9.17, 15) is 0 Å². The summed E-state index contributed by atoms with van der Waals surface area (Å²) >= 11 is 0. The predicted molar refractivity (Wildman–Crippen MR) is 74.1 cm³/mol. The van der Waals surface area contributed by atoms with Crippen LogP contribution in [0.1, 0.15) is 41.0 Å². The Balaban J connectivity index is 0.00000256. The van der Waals surface area contributed by atoms with E-state index < -0.39 is 0 Å². The molecule has 16 heavy (non-hydrogen) atoms. The molecule has 0 fully saturated rings. The summed E-state index contributed by atoms with van der Waals surface area (Å²) in [5.41, 5.74) is 2.47. The average molecular weight is 219 g/mol. The van der Waals surface area contributed by atoms with E-state index in [-0.39, 0.29) is 1.43 Å². The first-order valence-corrected chi connectivity index (χ1v) is 6.19. The van der Waals surface area contributed by atoms with Crippen molar-refractivity contribution in [1.29, 1.82) is 0 Å². The Labute approximate surface area is 101 Å². The maximum Gasteiger partial charge on any atom is 0.00764 e. The summed E-state index contributed by atoms with van der Waals surface area (Å²) in [6.07, 6.45) is 15.2. The molecule has 1 heterocycles. The van der Waals surface area contributed by atoms with Crippen LogP contribution in [0.5, 0.6) is 0 Å². The van der Waals surface area contributed by atoms with Gasteiger partial charge in [0.2, 0.25) is 0 Å². The van der Waals surface area contributed by atoms with E-state index in [0.29, 0.717) is 0 Å². The molecular weight excluding hydrogens is 194 g/mol. The molecule has 0 saturated heterocycles. The largest absolute Gasteiger partial charge is 0.365 e. The van der Waals surface area contributed by atoms with Crippen molar-refractivity contribution in [3.05, 3.63) is 48.4 Å². The third kappa shape index (κ3) is 5.01. The van der Waals surface area contributed by atoms with Gasteiger partial charge in [-0.2, -0.15) is 0 Å². The van der Waals surface area contributed by atoms with Crippen molar-refractivity contribution >= 4 is 0 Å². The van der Waals surface area contributed by atoms with E-state index in [0.717, 1.165) is 30.9 Å². The highest BCUT2D eigenvalue weighted by molar-refractivity contribution is 5.25. The monoisotopic (exact) mass is 219 g/mol. The van der Waals surface area contributed by atoms with Crippen molar-refractivity contribution in [3.8, 4) is 0 Å². The van der Waals surface area contributed by atoms with Crippen LogP contribution in [0.2, 0.25) is 0 Å². The first-order valence-electron chi connectivity index (χ1n) is 6.19. The van der Waals surface area contributed by atoms with Crippen molar-refractivity contribution < 1.29 is 1.43 Å². The van der Waals surface area contributed by atoms with Gasteiger partial charge in [0.25, 0.3) is 0 Å². The minimum atomic E-state index is 0. The maximum atomic E-state index is 3.97. The Bertz CT molecular complexity index is 313. The number of rotatable bonds is 3. The molecule has 1 aliphatic rings. The molecule has 0 radical (unpaired) electrons. The highest BCUT2D eigenvalue weighted by atomic mass is 14.8. The van der Waals surface area contributed by atoms with Crippen molar-refractivity contribution in [2.24, 2.45) is 5.92 Å². The van der Waals surface area contributed by atoms with Crippen LogP contribution in [0.4, 0.5) is 0 Å². The number of hydrogen-bond acceptors (Lipinski definition) is 1. The van der Waals surface area contributed by atoms with E-state index in [1.54, 1.807) is 0 Å². The third-order valence-electron chi connectivity index (χ3n) is 2.93. The average Bonchev–Trinajstić information content (AvgIpc) is 2.28. The van der Waals surface area contributed by atoms with Crippen LogP contribution in [-0.2, 0) is 0 Å². The molecule has 1 atom stereocenters. The van der Waals surface area contributed by atoms with E-state index in [2.05, 4.69) is 50.0 Å². The van der Waals surface area contributed by atoms with E-state index in [1.807, 2.05) is 6.20 Å². The Morgan fingerprint density at radius 2 is 2.38 bits per heavy atom. The summed E-state index contributed by atoms with van der Waals surface area (Å²) < 4.78 is 0. The minimum Gasteiger partial charge on any atom is -0.365 e. The summed E-state index contributed by atoms with van der Waals surface area (Å²) in [6, 6.07) is 0. The van der Waals surface area contributed by atoms with Crippen LogP contribution in [0.3, 0.4) is 0 Å². The van der Waals surface area contributed by atoms with Crippen LogP contribution in [-0.4, -0.2) is 0 Å². The van der Waals surface area contributed by atoms with Gasteiger partial charge in [-0.15, -0.1) is 0 Å². The molecule has 1 unspecified atom stereocenters. The molecule has 0 spiro atoms. The van der Waals surface area contributed by atoms with Crippen LogP contribution in [0.25, 0.3) is 0 Å². The first-order chi connectivity index (χ1) is 7.72. The molecule has 1 N–H and O–H groups in total. The smallest absolute Gasteiger partial charge is 0.00764 e. The van der Waals surface area contributed by atoms with Gasteiger partial charge in [-0.05, 0) is 36.8 Å². The molecule has 0 aliphatic carbocycles. The molecule has 0 aromatic carbocycles. The third-order valence-corrected chi connectivity index (χ3v) is 2.93. The van der Waals surface area contributed by atoms with Gasteiger partial charge in [-0.25, -0.2) is 0 Å². The lowest BCUT2D eigenvalue weighted by molar-refractivity contribution is 0.562. The number of hydrogen-bond donors (Lipinski definition) is 1. The zero-order valence-corrected chi connectivity index (χ0v) is 10.5. The lowest BCUT2D eigenvalue weighted by Crippen LogP contribution is -2.03. The van der Waals surface area contributed by atoms with Crippen molar-refractivity contribution in [1.82, 2.24) is 5.32 Å². The van der Waals surface area contributed by atoms with Crippen LogP contribution < -0.4 is 5.32 Å². The van der Waals surface area contributed by atoms with Crippen molar-refractivity contribution in [2.75, 3.05) is 0 Å². The van der Waals surface area contributed by atoms with Crippen LogP contribution in [0.15, 0.2) is 48.4 Å². The molecule has 1 heteroatoms. The van der Waals surface area contributed by atoms with Gasteiger partial charge in [0.1, 0.15) is 0 Å². The second-order valence-electron chi connectivity index (χ2n) is 4.51.